The molecular weight excluding hydrogens is 204 g/mol. The smallest absolute Gasteiger partial charge is 0.0368 e. The summed E-state index contributed by atoms with van der Waals surface area (Å²) in [4.78, 5) is 2.61. The third kappa shape index (κ3) is 2.69. The highest BCUT2D eigenvalue weighted by Crippen LogP contribution is 2.31. The Morgan fingerprint density at radius 2 is 1.73 bits per heavy atom. The fraction of sp³-hybridized carbons (Fsp3) is 1.00. The van der Waals surface area contributed by atoms with Crippen LogP contribution in [0.2, 0.25) is 0 Å². The summed E-state index contributed by atoms with van der Waals surface area (Å²) in [6.45, 7) is 4.63. The van der Waals surface area contributed by atoms with Gasteiger partial charge in [-0.1, -0.05) is 26.2 Å². The Kier molecular flexibility index (Phi) is 3.97. The molecule has 15 heavy (non-hydrogen) atoms. The zero-order chi connectivity index (χ0) is 10.8. The number of likely N-dealkylation sites (N-methyl/N-ethyl adjacent to an activating group) is 1. The summed E-state index contributed by atoms with van der Waals surface area (Å²) in [7, 11) is 2.31. The largest absolute Gasteiger partial charge is 0.298 e. The fourth-order valence-corrected chi connectivity index (χ4v) is 3.33. The van der Waals surface area contributed by atoms with E-state index in [1.165, 1.54) is 32.1 Å². The van der Waals surface area contributed by atoms with E-state index in [2.05, 4.69) is 36.0 Å². The van der Waals surface area contributed by atoms with Gasteiger partial charge in [-0.3, -0.25) is 9.21 Å². The Hall–Kier alpha value is 0.270. The molecule has 0 aromatic rings. The van der Waals surface area contributed by atoms with Gasteiger partial charge in [-0.15, -0.1) is 0 Å². The first-order chi connectivity index (χ1) is 7.20. The maximum Gasteiger partial charge on any atom is 0.0368 e. The molecule has 0 spiro atoms. The summed E-state index contributed by atoms with van der Waals surface area (Å²) in [6, 6.07) is 1.62. The van der Waals surface area contributed by atoms with Crippen LogP contribution in [-0.4, -0.2) is 41.4 Å². The molecule has 1 saturated carbocycles. The average molecular weight is 228 g/mol. The fourth-order valence-electron chi connectivity index (χ4n) is 2.95. The summed E-state index contributed by atoms with van der Waals surface area (Å²) in [5.41, 5.74) is 0. The van der Waals surface area contributed by atoms with Crippen molar-refractivity contribution in [3.05, 3.63) is 0 Å². The van der Waals surface area contributed by atoms with Gasteiger partial charge in [-0.05, 0) is 38.6 Å². The predicted molar refractivity (Wildman–Crippen MR) is 68.1 cm³/mol. The van der Waals surface area contributed by atoms with Crippen molar-refractivity contribution in [2.24, 2.45) is 5.92 Å². The Morgan fingerprint density at radius 3 is 2.20 bits per heavy atom. The van der Waals surface area contributed by atoms with Crippen LogP contribution in [0.3, 0.4) is 0 Å². The number of rotatable bonds is 3. The summed E-state index contributed by atoms with van der Waals surface area (Å²) < 4.78 is 2.11. The number of nitrogens with zero attached hydrogens (tertiary/aromatic N) is 2. The van der Waals surface area contributed by atoms with Crippen LogP contribution in [0.1, 0.15) is 39.0 Å². The topological polar surface area (TPSA) is 6.48 Å². The summed E-state index contributed by atoms with van der Waals surface area (Å²) in [5.74, 6) is 1.01. The van der Waals surface area contributed by atoms with Gasteiger partial charge >= 0.3 is 0 Å². The van der Waals surface area contributed by atoms with Gasteiger partial charge in [0, 0.05) is 25.2 Å². The lowest BCUT2D eigenvalue weighted by atomic mass is 9.83. The van der Waals surface area contributed by atoms with E-state index < -0.39 is 0 Å². The minimum absolute atomic E-state index is 0.769. The Labute approximate surface area is 99.6 Å². The van der Waals surface area contributed by atoms with E-state index in [-0.39, 0.29) is 0 Å². The molecular formula is C12H24N2S. The molecule has 2 rings (SSSR count). The van der Waals surface area contributed by atoms with Gasteiger partial charge in [-0.25, -0.2) is 0 Å². The molecule has 1 saturated heterocycles. The minimum atomic E-state index is 0.769. The molecule has 1 aliphatic heterocycles. The maximum absolute atomic E-state index is 4.34. The monoisotopic (exact) mass is 228 g/mol. The average Bonchev–Trinajstić information content (AvgIpc) is 2.24. The van der Waals surface area contributed by atoms with Crippen molar-refractivity contribution < 1.29 is 0 Å². The molecule has 0 N–H and O–H groups in total. The molecule has 0 bridgehead atoms. The normalized spacial score (nSPS) is 34.4. The zero-order valence-corrected chi connectivity index (χ0v) is 10.9. The third-order valence-electron chi connectivity index (χ3n) is 4.39. The van der Waals surface area contributed by atoms with Gasteiger partial charge in [0.05, 0.1) is 0 Å². The summed E-state index contributed by atoms with van der Waals surface area (Å²) in [6.07, 6.45) is 7.10. The molecule has 2 nitrogen and oxygen atoms in total. The van der Waals surface area contributed by atoms with Crippen molar-refractivity contribution in [2.45, 2.75) is 51.1 Å². The predicted octanol–water partition coefficient (Wildman–Crippen LogP) is 2.42. The van der Waals surface area contributed by atoms with Gasteiger partial charge in [0.1, 0.15) is 0 Å². The lowest BCUT2D eigenvalue weighted by Crippen LogP contribution is -2.57. The molecule has 0 aromatic heterocycles. The maximum atomic E-state index is 4.34. The molecule has 0 atom stereocenters. The Balaban J connectivity index is 1.75. The van der Waals surface area contributed by atoms with Crippen LogP contribution in [0.25, 0.3) is 0 Å². The SMILES string of the molecule is CC[C@H]1CC[C@H](N(C)C2CN(S)C2)CC1. The second-order valence-corrected chi connectivity index (χ2v) is 5.84. The van der Waals surface area contributed by atoms with Crippen molar-refractivity contribution in [3.63, 3.8) is 0 Å². The van der Waals surface area contributed by atoms with E-state index in [0.29, 0.717) is 0 Å². The van der Waals surface area contributed by atoms with Gasteiger partial charge in [0.25, 0.3) is 0 Å². The van der Waals surface area contributed by atoms with Gasteiger partial charge in [0.15, 0.2) is 0 Å². The molecule has 3 heteroatoms. The Morgan fingerprint density at radius 1 is 1.13 bits per heavy atom. The second-order valence-electron chi connectivity index (χ2n) is 5.27. The van der Waals surface area contributed by atoms with E-state index in [1.807, 2.05) is 0 Å². The quantitative estimate of drug-likeness (QED) is 0.741. The molecule has 88 valence electrons. The lowest BCUT2D eigenvalue weighted by molar-refractivity contribution is 0.0573. The number of thiol groups is 1. The molecule has 2 aliphatic rings. The number of hydrogen-bond donors (Lipinski definition) is 1. The first-order valence-electron chi connectivity index (χ1n) is 6.36. The van der Waals surface area contributed by atoms with Gasteiger partial charge in [0.2, 0.25) is 0 Å². The zero-order valence-electron chi connectivity index (χ0n) is 10.0. The van der Waals surface area contributed by atoms with Crippen molar-refractivity contribution in [1.82, 2.24) is 9.21 Å². The van der Waals surface area contributed by atoms with Gasteiger partial charge in [-0.2, -0.15) is 0 Å². The van der Waals surface area contributed by atoms with E-state index in [9.17, 15) is 0 Å². The van der Waals surface area contributed by atoms with Crippen molar-refractivity contribution >= 4 is 12.8 Å². The van der Waals surface area contributed by atoms with E-state index in [0.717, 1.165) is 31.1 Å². The van der Waals surface area contributed by atoms with Crippen LogP contribution in [0, 0.1) is 5.92 Å². The molecule has 1 heterocycles. The summed E-state index contributed by atoms with van der Waals surface area (Å²) in [5, 5.41) is 0. The highest BCUT2D eigenvalue weighted by Gasteiger charge is 2.33. The van der Waals surface area contributed by atoms with Crippen LogP contribution >= 0.6 is 12.8 Å². The molecule has 0 radical (unpaired) electrons. The highest BCUT2D eigenvalue weighted by atomic mass is 32.1. The van der Waals surface area contributed by atoms with Crippen molar-refractivity contribution in [3.8, 4) is 0 Å². The van der Waals surface area contributed by atoms with Crippen LogP contribution in [0.15, 0.2) is 0 Å². The van der Waals surface area contributed by atoms with E-state index in [1.54, 1.807) is 0 Å². The molecule has 1 aliphatic carbocycles. The van der Waals surface area contributed by atoms with Gasteiger partial charge < -0.3 is 0 Å². The van der Waals surface area contributed by atoms with Crippen LogP contribution < -0.4 is 0 Å². The second kappa shape index (κ2) is 5.07. The van der Waals surface area contributed by atoms with E-state index >= 15 is 0 Å². The Bertz CT molecular complexity index is 196. The van der Waals surface area contributed by atoms with Crippen LogP contribution in [0.5, 0.6) is 0 Å². The van der Waals surface area contributed by atoms with E-state index in [4.69, 9.17) is 0 Å². The first kappa shape index (κ1) is 11.7. The van der Waals surface area contributed by atoms with Crippen molar-refractivity contribution in [2.75, 3.05) is 20.1 Å². The standard InChI is InChI=1S/C12H24N2S/c1-3-10-4-6-11(7-5-10)13(2)12-8-14(15)9-12/h10-12,15H,3-9H2,1-2H3/t10-,11-. The molecule has 0 unspecified atom stereocenters. The molecule has 0 amide bonds. The van der Waals surface area contributed by atoms with Crippen molar-refractivity contribution in [1.29, 1.82) is 0 Å². The van der Waals surface area contributed by atoms with Crippen LogP contribution in [0.4, 0.5) is 0 Å². The minimum Gasteiger partial charge on any atom is -0.298 e. The first-order valence-corrected chi connectivity index (χ1v) is 6.76. The molecule has 2 fully saturated rings. The highest BCUT2D eigenvalue weighted by molar-refractivity contribution is 7.77. The third-order valence-corrected chi connectivity index (χ3v) is 4.72. The molecule has 0 aromatic carbocycles. The van der Waals surface area contributed by atoms with Crippen LogP contribution in [-0.2, 0) is 0 Å². The number of hydrogen-bond acceptors (Lipinski definition) is 3. The summed E-state index contributed by atoms with van der Waals surface area (Å²) >= 11 is 4.34. The lowest BCUT2D eigenvalue weighted by Gasteiger charge is -2.46.